The molecule has 14 heavy (non-hydrogen) atoms. The summed E-state index contributed by atoms with van der Waals surface area (Å²) in [7, 11) is 0. The van der Waals surface area contributed by atoms with E-state index >= 15 is 0 Å². The standard InChI is InChI=1S/C11H14BrO2/c1-11(2,3)14-9-6-4-5-8(7-13)10(9)12/h4-7,13H,1-3H3. The topological polar surface area (TPSA) is 29.5 Å². The van der Waals surface area contributed by atoms with E-state index in [0.29, 0.717) is 5.56 Å². The quantitative estimate of drug-likeness (QED) is 0.879. The van der Waals surface area contributed by atoms with Gasteiger partial charge in [-0.05, 0) is 42.8 Å². The van der Waals surface area contributed by atoms with Crippen molar-refractivity contribution < 1.29 is 9.84 Å². The van der Waals surface area contributed by atoms with Gasteiger partial charge in [0.15, 0.2) is 0 Å². The van der Waals surface area contributed by atoms with Gasteiger partial charge in [-0.3, -0.25) is 0 Å². The van der Waals surface area contributed by atoms with Gasteiger partial charge in [-0.15, -0.1) is 0 Å². The van der Waals surface area contributed by atoms with E-state index in [1.54, 1.807) is 6.07 Å². The van der Waals surface area contributed by atoms with Crippen LogP contribution in [0.25, 0.3) is 0 Å². The molecular weight excluding hydrogens is 244 g/mol. The van der Waals surface area contributed by atoms with E-state index < -0.39 is 0 Å². The lowest BCUT2D eigenvalue weighted by Crippen LogP contribution is -2.23. The van der Waals surface area contributed by atoms with Crippen LogP contribution in [0.1, 0.15) is 26.3 Å². The minimum Gasteiger partial charge on any atom is -0.487 e. The largest absolute Gasteiger partial charge is 0.487 e. The highest BCUT2D eigenvalue weighted by Crippen LogP contribution is 2.31. The number of aliphatic hydroxyl groups is 1. The van der Waals surface area contributed by atoms with E-state index in [2.05, 4.69) is 15.9 Å². The average molecular weight is 258 g/mol. The Morgan fingerprint density at radius 3 is 2.50 bits per heavy atom. The fourth-order valence-electron chi connectivity index (χ4n) is 1.04. The molecule has 0 aliphatic heterocycles. The first-order valence-corrected chi connectivity index (χ1v) is 5.18. The highest BCUT2D eigenvalue weighted by molar-refractivity contribution is 9.10. The lowest BCUT2D eigenvalue weighted by molar-refractivity contribution is 0.129. The summed E-state index contributed by atoms with van der Waals surface area (Å²) < 4.78 is 6.47. The third kappa shape index (κ3) is 3.00. The van der Waals surface area contributed by atoms with Gasteiger partial charge in [0, 0.05) is 5.56 Å². The fraction of sp³-hybridized carbons (Fsp3) is 0.364. The van der Waals surface area contributed by atoms with Crippen molar-refractivity contribution in [2.24, 2.45) is 0 Å². The second-order valence-electron chi connectivity index (χ2n) is 4.00. The molecule has 0 fully saturated rings. The average Bonchev–Trinajstić information content (AvgIpc) is 2.06. The Labute approximate surface area is 93.0 Å². The second-order valence-corrected chi connectivity index (χ2v) is 4.80. The molecule has 0 spiro atoms. The maximum atomic E-state index is 8.93. The van der Waals surface area contributed by atoms with E-state index in [4.69, 9.17) is 9.84 Å². The first-order chi connectivity index (χ1) is 6.44. The number of hydrogen-bond donors (Lipinski definition) is 1. The van der Waals surface area contributed by atoms with Crippen LogP contribution < -0.4 is 4.74 Å². The van der Waals surface area contributed by atoms with E-state index in [9.17, 15) is 0 Å². The molecule has 0 aromatic heterocycles. The zero-order valence-corrected chi connectivity index (χ0v) is 10.1. The predicted molar refractivity (Wildman–Crippen MR) is 59.9 cm³/mol. The maximum absolute atomic E-state index is 8.93. The van der Waals surface area contributed by atoms with Crippen molar-refractivity contribution in [1.82, 2.24) is 0 Å². The molecule has 0 bridgehead atoms. The van der Waals surface area contributed by atoms with Gasteiger partial charge >= 0.3 is 0 Å². The SMILES string of the molecule is CC(C)(C)Oc1cccc([CH]O)c1Br. The number of ether oxygens (including phenoxy) is 1. The van der Waals surface area contributed by atoms with Crippen LogP contribution in [0.2, 0.25) is 0 Å². The van der Waals surface area contributed by atoms with E-state index in [-0.39, 0.29) is 5.60 Å². The lowest BCUT2D eigenvalue weighted by atomic mass is 10.1. The molecule has 1 aromatic carbocycles. The minimum atomic E-state index is -0.239. The molecule has 0 aliphatic rings. The number of aliphatic hydroxyl groups excluding tert-OH is 1. The maximum Gasteiger partial charge on any atom is 0.134 e. The number of halogens is 1. The Hall–Kier alpha value is -0.540. The van der Waals surface area contributed by atoms with Gasteiger partial charge in [-0.2, -0.15) is 0 Å². The Balaban J connectivity index is 2.98. The molecule has 0 heterocycles. The molecular formula is C11H14BrO2. The van der Waals surface area contributed by atoms with Crippen LogP contribution in [-0.2, 0) is 0 Å². The summed E-state index contributed by atoms with van der Waals surface area (Å²) in [6.07, 6.45) is 0. The molecule has 1 radical (unpaired) electrons. The van der Waals surface area contributed by atoms with Gasteiger partial charge in [-0.25, -0.2) is 0 Å². The zero-order valence-electron chi connectivity index (χ0n) is 8.54. The lowest BCUT2D eigenvalue weighted by Gasteiger charge is -2.22. The summed E-state index contributed by atoms with van der Waals surface area (Å²) in [6.45, 7) is 7.00. The second kappa shape index (κ2) is 4.32. The van der Waals surface area contributed by atoms with Gasteiger partial charge in [0.2, 0.25) is 0 Å². The smallest absolute Gasteiger partial charge is 0.134 e. The minimum absolute atomic E-state index is 0.239. The first kappa shape index (κ1) is 11.5. The molecule has 0 unspecified atom stereocenters. The highest BCUT2D eigenvalue weighted by Gasteiger charge is 2.15. The van der Waals surface area contributed by atoms with Gasteiger partial charge < -0.3 is 9.84 Å². The van der Waals surface area contributed by atoms with E-state index in [1.165, 1.54) is 0 Å². The van der Waals surface area contributed by atoms with Gasteiger partial charge in [0.25, 0.3) is 0 Å². The van der Waals surface area contributed by atoms with Crippen LogP contribution in [0.4, 0.5) is 0 Å². The summed E-state index contributed by atoms with van der Waals surface area (Å²) in [6, 6.07) is 5.51. The van der Waals surface area contributed by atoms with Crippen molar-refractivity contribution in [2.45, 2.75) is 26.4 Å². The predicted octanol–water partition coefficient (Wildman–Crippen LogP) is 3.51. The van der Waals surface area contributed by atoms with Crippen molar-refractivity contribution >= 4 is 15.9 Å². The Morgan fingerprint density at radius 1 is 1.36 bits per heavy atom. The Kier molecular flexibility index (Phi) is 3.56. The van der Waals surface area contributed by atoms with Crippen molar-refractivity contribution in [3.05, 3.63) is 34.8 Å². The molecule has 3 heteroatoms. The van der Waals surface area contributed by atoms with Crippen LogP contribution in [0.5, 0.6) is 5.75 Å². The molecule has 1 rings (SSSR count). The third-order valence-electron chi connectivity index (χ3n) is 1.55. The molecule has 0 aliphatic carbocycles. The monoisotopic (exact) mass is 257 g/mol. The Morgan fingerprint density at radius 2 is 2.00 bits per heavy atom. The van der Waals surface area contributed by atoms with Crippen LogP contribution >= 0.6 is 15.9 Å². The molecule has 77 valence electrons. The van der Waals surface area contributed by atoms with Gasteiger partial charge in [-0.1, -0.05) is 12.1 Å². The Bertz CT molecular complexity index is 316. The molecule has 0 amide bonds. The highest BCUT2D eigenvalue weighted by atomic mass is 79.9. The summed E-state index contributed by atoms with van der Waals surface area (Å²) in [5, 5.41) is 8.93. The van der Waals surface area contributed by atoms with E-state index in [0.717, 1.165) is 16.8 Å². The summed E-state index contributed by atoms with van der Waals surface area (Å²) in [4.78, 5) is 0. The van der Waals surface area contributed by atoms with Crippen molar-refractivity contribution in [3.8, 4) is 5.75 Å². The van der Waals surface area contributed by atoms with E-state index in [1.807, 2.05) is 32.9 Å². The molecule has 0 saturated heterocycles. The number of rotatable bonds is 2. The van der Waals surface area contributed by atoms with Crippen LogP contribution in [-0.4, -0.2) is 10.7 Å². The summed E-state index contributed by atoms with van der Waals surface area (Å²) in [5.41, 5.74) is 0.475. The van der Waals surface area contributed by atoms with Gasteiger partial charge in [0.05, 0.1) is 4.47 Å². The number of benzene rings is 1. The van der Waals surface area contributed by atoms with Crippen LogP contribution in [0.3, 0.4) is 0 Å². The van der Waals surface area contributed by atoms with Crippen LogP contribution in [0.15, 0.2) is 22.7 Å². The normalized spacial score (nSPS) is 11.5. The zero-order chi connectivity index (χ0) is 10.8. The molecule has 1 aromatic rings. The first-order valence-electron chi connectivity index (χ1n) is 4.39. The molecule has 1 N–H and O–H groups in total. The van der Waals surface area contributed by atoms with Crippen molar-refractivity contribution in [1.29, 1.82) is 0 Å². The third-order valence-corrected chi connectivity index (χ3v) is 2.40. The summed E-state index contributed by atoms with van der Waals surface area (Å²) >= 11 is 3.38. The van der Waals surface area contributed by atoms with Gasteiger partial charge in [0.1, 0.15) is 18.0 Å². The molecule has 0 atom stereocenters. The van der Waals surface area contributed by atoms with Crippen molar-refractivity contribution in [2.75, 3.05) is 0 Å². The molecule has 2 nitrogen and oxygen atoms in total. The number of hydrogen-bond acceptors (Lipinski definition) is 2. The van der Waals surface area contributed by atoms with Crippen molar-refractivity contribution in [3.63, 3.8) is 0 Å². The summed E-state index contributed by atoms with van der Waals surface area (Å²) in [5.74, 6) is 0.736. The fourth-order valence-corrected chi connectivity index (χ4v) is 1.48. The molecule has 0 saturated carbocycles. The van der Waals surface area contributed by atoms with Crippen LogP contribution in [0, 0.1) is 6.61 Å².